The molecule has 1 fully saturated rings. The predicted molar refractivity (Wildman–Crippen MR) is 107 cm³/mol. The van der Waals surface area contributed by atoms with Crippen molar-refractivity contribution >= 4 is 29.3 Å². The average Bonchev–Trinajstić information content (AvgIpc) is 3.23. The largest absolute Gasteiger partial charge is 0.357 e. The summed E-state index contributed by atoms with van der Waals surface area (Å²) in [5.41, 5.74) is 1.13. The van der Waals surface area contributed by atoms with Crippen molar-refractivity contribution in [3.8, 4) is 0 Å². The topological polar surface area (TPSA) is 74.2 Å². The Balaban J connectivity index is 1.64. The molecule has 1 aliphatic heterocycles. The van der Waals surface area contributed by atoms with Crippen LogP contribution in [0.25, 0.3) is 0 Å². The van der Waals surface area contributed by atoms with Gasteiger partial charge in [0.2, 0.25) is 5.95 Å². The molecule has 7 nitrogen and oxygen atoms in total. The van der Waals surface area contributed by atoms with Crippen LogP contribution in [0.1, 0.15) is 42.7 Å². The zero-order chi connectivity index (χ0) is 19.2. The molecule has 1 aliphatic rings. The van der Waals surface area contributed by atoms with E-state index in [1.807, 2.05) is 12.1 Å². The van der Waals surface area contributed by atoms with E-state index in [0.29, 0.717) is 12.5 Å². The van der Waals surface area contributed by atoms with Gasteiger partial charge in [-0.2, -0.15) is 0 Å². The molecule has 0 radical (unpaired) electrons. The van der Waals surface area contributed by atoms with Crippen LogP contribution in [0.4, 0.5) is 11.8 Å². The number of carbonyl (C=O) groups is 1. The van der Waals surface area contributed by atoms with Crippen molar-refractivity contribution in [3.63, 3.8) is 0 Å². The first-order valence-electron chi connectivity index (χ1n) is 9.38. The Morgan fingerprint density at radius 2 is 1.93 bits per heavy atom. The molecule has 3 rings (SSSR count). The van der Waals surface area contributed by atoms with Crippen LogP contribution in [0.3, 0.4) is 0 Å². The third-order valence-corrected chi connectivity index (χ3v) is 4.96. The van der Waals surface area contributed by atoms with Crippen LogP contribution in [0.2, 0.25) is 5.02 Å². The number of hydrogen-bond acceptors (Lipinski definition) is 6. The number of halogens is 1. The maximum atomic E-state index is 12.5. The molecule has 2 aromatic rings. The van der Waals surface area contributed by atoms with Gasteiger partial charge in [-0.3, -0.25) is 4.79 Å². The molecule has 0 aromatic carbocycles. The molecule has 0 aliphatic carbocycles. The third-order valence-electron chi connectivity index (χ3n) is 4.69. The third kappa shape index (κ3) is 4.66. The molecule has 144 valence electrons. The number of aromatic nitrogens is 3. The summed E-state index contributed by atoms with van der Waals surface area (Å²) in [6.45, 7) is 8.20. The summed E-state index contributed by atoms with van der Waals surface area (Å²) < 4.78 is 0. The molecule has 1 saturated heterocycles. The molecule has 27 heavy (non-hydrogen) atoms. The lowest BCUT2D eigenvalue weighted by Crippen LogP contribution is -2.27. The maximum Gasteiger partial charge on any atom is 0.271 e. The van der Waals surface area contributed by atoms with Crippen molar-refractivity contribution in [1.82, 2.24) is 20.3 Å². The van der Waals surface area contributed by atoms with Crippen LogP contribution < -0.4 is 15.1 Å². The Morgan fingerprint density at radius 1 is 1.19 bits per heavy atom. The fourth-order valence-corrected chi connectivity index (χ4v) is 3.29. The van der Waals surface area contributed by atoms with E-state index in [4.69, 9.17) is 11.6 Å². The summed E-state index contributed by atoms with van der Waals surface area (Å²) in [5, 5.41) is 3.12. The number of rotatable bonds is 7. The highest BCUT2D eigenvalue weighted by Gasteiger charge is 2.19. The van der Waals surface area contributed by atoms with Gasteiger partial charge < -0.3 is 15.1 Å². The summed E-state index contributed by atoms with van der Waals surface area (Å²) in [6, 6.07) is 3.94. The van der Waals surface area contributed by atoms with Gasteiger partial charge >= 0.3 is 0 Å². The molecule has 8 heteroatoms. The molecular formula is C19H25ClN6O. The van der Waals surface area contributed by atoms with E-state index < -0.39 is 0 Å². The molecule has 0 unspecified atom stereocenters. The van der Waals surface area contributed by atoms with E-state index in [9.17, 15) is 4.79 Å². The average molecular weight is 389 g/mol. The molecule has 1 N–H and O–H groups in total. The van der Waals surface area contributed by atoms with Crippen LogP contribution in [0.5, 0.6) is 0 Å². The predicted octanol–water partition coefficient (Wildman–Crippen LogP) is 2.90. The fourth-order valence-electron chi connectivity index (χ4n) is 3.11. The smallest absolute Gasteiger partial charge is 0.271 e. The number of amides is 1. The van der Waals surface area contributed by atoms with Gasteiger partial charge in [0.1, 0.15) is 5.82 Å². The lowest BCUT2D eigenvalue weighted by Gasteiger charge is -2.19. The lowest BCUT2D eigenvalue weighted by atomic mass is 10.2. The van der Waals surface area contributed by atoms with E-state index in [0.717, 1.165) is 50.4 Å². The van der Waals surface area contributed by atoms with Crippen LogP contribution in [-0.4, -0.2) is 47.0 Å². The first kappa shape index (κ1) is 19.4. The number of hydrogen-bond donors (Lipinski definition) is 1. The number of carbonyl (C=O) groups excluding carboxylic acids is 1. The molecule has 0 bridgehead atoms. The zero-order valence-electron chi connectivity index (χ0n) is 15.8. The van der Waals surface area contributed by atoms with Gasteiger partial charge in [0.05, 0.1) is 11.2 Å². The molecule has 0 saturated carbocycles. The quantitative estimate of drug-likeness (QED) is 0.786. The molecule has 0 atom stereocenters. The summed E-state index contributed by atoms with van der Waals surface area (Å²) in [4.78, 5) is 29.9. The first-order chi connectivity index (χ1) is 13.1. The van der Waals surface area contributed by atoms with Gasteiger partial charge in [-0.05, 0) is 38.3 Å². The molecular weight excluding hydrogens is 364 g/mol. The minimum atomic E-state index is -0.310. The van der Waals surface area contributed by atoms with E-state index in [-0.39, 0.29) is 16.6 Å². The van der Waals surface area contributed by atoms with Crippen LogP contribution in [0.15, 0.2) is 24.5 Å². The van der Waals surface area contributed by atoms with Gasteiger partial charge in [-0.25, -0.2) is 15.0 Å². The molecule has 2 aromatic heterocycles. The zero-order valence-corrected chi connectivity index (χ0v) is 16.5. The van der Waals surface area contributed by atoms with E-state index in [1.165, 1.54) is 6.20 Å². The minimum Gasteiger partial charge on any atom is -0.357 e. The number of anilines is 2. The Hall–Kier alpha value is -2.41. The van der Waals surface area contributed by atoms with Crippen LogP contribution in [0, 0.1) is 0 Å². The second-order valence-electron chi connectivity index (χ2n) is 6.44. The molecule has 3 heterocycles. The van der Waals surface area contributed by atoms with Crippen molar-refractivity contribution < 1.29 is 4.79 Å². The van der Waals surface area contributed by atoms with Crippen molar-refractivity contribution in [2.75, 3.05) is 36.0 Å². The summed E-state index contributed by atoms with van der Waals surface area (Å²) in [5.74, 6) is 1.19. The Morgan fingerprint density at radius 3 is 2.56 bits per heavy atom. The summed E-state index contributed by atoms with van der Waals surface area (Å²) in [6.07, 6.45) is 5.51. The summed E-state index contributed by atoms with van der Waals surface area (Å²) >= 11 is 6.14. The van der Waals surface area contributed by atoms with Crippen LogP contribution >= 0.6 is 11.6 Å². The highest BCUT2D eigenvalue weighted by Crippen LogP contribution is 2.20. The van der Waals surface area contributed by atoms with Crippen molar-refractivity contribution in [2.45, 2.75) is 33.2 Å². The first-order valence-corrected chi connectivity index (χ1v) is 9.75. The second-order valence-corrected chi connectivity index (χ2v) is 6.85. The van der Waals surface area contributed by atoms with E-state index in [1.54, 1.807) is 6.20 Å². The van der Waals surface area contributed by atoms with Crippen molar-refractivity contribution in [1.29, 1.82) is 0 Å². The molecule has 0 spiro atoms. The van der Waals surface area contributed by atoms with Gasteiger partial charge in [0.15, 0.2) is 5.69 Å². The van der Waals surface area contributed by atoms with Crippen molar-refractivity contribution in [2.24, 2.45) is 0 Å². The van der Waals surface area contributed by atoms with Gasteiger partial charge in [-0.1, -0.05) is 17.7 Å². The van der Waals surface area contributed by atoms with Crippen LogP contribution in [-0.2, 0) is 6.54 Å². The van der Waals surface area contributed by atoms with Gasteiger partial charge in [-0.15, -0.1) is 0 Å². The standard InChI is InChI=1S/C19H25ClN6O/c1-3-25(4-2)16-8-7-14(11-21-16)12-22-18(27)17-15(20)13-23-19(24-17)26-9-5-6-10-26/h7-8,11,13H,3-6,9-10,12H2,1-2H3,(H,22,27). The van der Waals surface area contributed by atoms with E-state index in [2.05, 4.69) is 43.9 Å². The Bertz CT molecular complexity index is 772. The monoisotopic (exact) mass is 388 g/mol. The number of pyridine rings is 1. The SMILES string of the molecule is CCN(CC)c1ccc(CNC(=O)c2nc(N3CCCC3)ncc2Cl)cn1. The number of nitrogens with zero attached hydrogens (tertiary/aromatic N) is 5. The van der Waals surface area contributed by atoms with E-state index >= 15 is 0 Å². The number of nitrogens with one attached hydrogen (secondary N) is 1. The Labute approximate surface area is 164 Å². The highest BCUT2D eigenvalue weighted by atomic mass is 35.5. The second kappa shape index (κ2) is 8.99. The van der Waals surface area contributed by atoms with Gasteiger partial charge in [0.25, 0.3) is 5.91 Å². The maximum absolute atomic E-state index is 12.5. The summed E-state index contributed by atoms with van der Waals surface area (Å²) in [7, 11) is 0. The minimum absolute atomic E-state index is 0.210. The molecule has 1 amide bonds. The van der Waals surface area contributed by atoms with Gasteiger partial charge in [0, 0.05) is 38.9 Å². The normalized spacial score (nSPS) is 13.7. The highest BCUT2D eigenvalue weighted by molar-refractivity contribution is 6.33. The Kier molecular flexibility index (Phi) is 6.45. The fraction of sp³-hybridized carbons (Fsp3) is 0.474. The lowest BCUT2D eigenvalue weighted by molar-refractivity contribution is 0.0946. The van der Waals surface area contributed by atoms with Crippen molar-refractivity contribution in [3.05, 3.63) is 40.8 Å².